The van der Waals surface area contributed by atoms with Gasteiger partial charge in [0, 0.05) is 19.2 Å². The average Bonchev–Trinajstić information content (AvgIpc) is 2.63. The van der Waals surface area contributed by atoms with Crippen molar-refractivity contribution in [1.82, 2.24) is 10.2 Å². The Morgan fingerprint density at radius 3 is 2.29 bits per heavy atom. The minimum atomic E-state index is -1.55. The van der Waals surface area contributed by atoms with Crippen molar-refractivity contribution in [1.29, 1.82) is 0 Å². The summed E-state index contributed by atoms with van der Waals surface area (Å²) in [5.41, 5.74) is 5.29. The molecule has 0 radical (unpaired) electrons. The smallest absolute Gasteiger partial charge is 0.413 e. The van der Waals surface area contributed by atoms with Gasteiger partial charge in [-0.2, -0.15) is 11.8 Å². The van der Waals surface area contributed by atoms with E-state index in [0.717, 1.165) is 18.8 Å². The molecule has 0 bridgehead atoms. The van der Waals surface area contributed by atoms with Gasteiger partial charge in [0.25, 0.3) is 5.91 Å². The lowest BCUT2D eigenvalue weighted by Crippen LogP contribution is -2.50. The second-order valence-corrected chi connectivity index (χ2v) is 6.47. The van der Waals surface area contributed by atoms with E-state index in [1.165, 1.54) is 6.92 Å². The minimum absolute atomic E-state index is 0.0221. The number of nitrogens with one attached hydrogen (secondary N) is 1. The number of carbonyl (C=O) groups is 6. The van der Waals surface area contributed by atoms with E-state index in [1.54, 1.807) is 0 Å². The summed E-state index contributed by atoms with van der Waals surface area (Å²) in [7, 11) is 0.985. The first kappa shape index (κ1) is 25.3. The summed E-state index contributed by atoms with van der Waals surface area (Å²) < 4.78 is 4.53. The van der Waals surface area contributed by atoms with Crippen LogP contribution < -0.4 is 11.1 Å². The summed E-state index contributed by atoms with van der Waals surface area (Å²) in [4.78, 5) is 68.9. The number of hydrogen-bond donors (Lipinski definition) is 4. The van der Waals surface area contributed by atoms with Crippen LogP contribution in [0.3, 0.4) is 0 Å². The third-order valence-corrected chi connectivity index (χ3v) is 4.31. The van der Waals surface area contributed by atoms with Gasteiger partial charge in [0.05, 0.1) is 12.4 Å². The normalized spacial score (nSPS) is 12.4. The standard InChI is InChI=1S/C15H23N3O9S/c1-3-27-14(24)10(19)7-28-6-9(12(21)18(2)15(25)26)17-11(20)5-4-8(16)13(22)23/h8-9H,3-7,16H2,1-2H3,(H,17,20)(H,22,23)(H,25,26). The number of ether oxygens (including phenoxy) is 1. The molecule has 0 spiro atoms. The summed E-state index contributed by atoms with van der Waals surface area (Å²) in [6.07, 6.45) is -2.05. The van der Waals surface area contributed by atoms with Gasteiger partial charge in [-0.3, -0.25) is 19.2 Å². The number of carboxylic acids is 1. The van der Waals surface area contributed by atoms with E-state index in [2.05, 4.69) is 10.1 Å². The van der Waals surface area contributed by atoms with Crippen molar-refractivity contribution < 1.29 is 43.7 Å². The Morgan fingerprint density at radius 2 is 1.79 bits per heavy atom. The number of ketones is 1. The molecule has 2 atom stereocenters. The van der Waals surface area contributed by atoms with Gasteiger partial charge < -0.3 is 26.0 Å². The molecular formula is C15H23N3O9S. The van der Waals surface area contributed by atoms with Crippen LogP contribution in [-0.2, 0) is 28.7 Å². The van der Waals surface area contributed by atoms with Crippen LogP contribution in [0.15, 0.2) is 0 Å². The summed E-state index contributed by atoms with van der Waals surface area (Å²) in [6.45, 7) is 1.55. The molecule has 28 heavy (non-hydrogen) atoms. The van der Waals surface area contributed by atoms with Gasteiger partial charge in [0.1, 0.15) is 12.1 Å². The first-order valence-electron chi connectivity index (χ1n) is 8.07. The van der Waals surface area contributed by atoms with Crippen molar-refractivity contribution in [3.63, 3.8) is 0 Å². The molecule has 13 heteroatoms. The first-order valence-corrected chi connectivity index (χ1v) is 9.22. The van der Waals surface area contributed by atoms with Crippen molar-refractivity contribution in [2.75, 3.05) is 25.2 Å². The van der Waals surface area contributed by atoms with E-state index in [9.17, 15) is 28.8 Å². The third kappa shape index (κ3) is 9.32. The summed E-state index contributed by atoms with van der Waals surface area (Å²) >= 11 is 0.828. The predicted octanol–water partition coefficient (Wildman–Crippen LogP) is -1.33. The van der Waals surface area contributed by atoms with Crippen molar-refractivity contribution >= 4 is 47.4 Å². The quantitative estimate of drug-likeness (QED) is 0.215. The van der Waals surface area contributed by atoms with E-state index >= 15 is 0 Å². The number of nitrogens with two attached hydrogens (primary N) is 1. The molecule has 12 nitrogen and oxygen atoms in total. The monoisotopic (exact) mass is 421 g/mol. The fourth-order valence-corrected chi connectivity index (χ4v) is 2.60. The molecule has 5 N–H and O–H groups in total. The Kier molecular flexibility index (Phi) is 11.5. The molecule has 0 aromatic carbocycles. The number of nitrogens with zero attached hydrogens (tertiary/aromatic N) is 1. The molecule has 0 aromatic heterocycles. The van der Waals surface area contributed by atoms with Gasteiger partial charge in [-0.05, 0) is 13.3 Å². The predicted molar refractivity (Wildman–Crippen MR) is 96.5 cm³/mol. The van der Waals surface area contributed by atoms with Crippen LogP contribution in [0.4, 0.5) is 4.79 Å². The number of rotatable bonds is 12. The zero-order chi connectivity index (χ0) is 21.9. The Hall–Kier alpha value is -2.67. The minimum Gasteiger partial charge on any atom is -0.480 e. The first-order chi connectivity index (χ1) is 13.0. The lowest BCUT2D eigenvalue weighted by atomic mass is 10.1. The average molecular weight is 421 g/mol. The highest BCUT2D eigenvalue weighted by Gasteiger charge is 2.28. The second-order valence-electron chi connectivity index (χ2n) is 5.44. The number of carboxylic acid groups (broad SMARTS) is 2. The Morgan fingerprint density at radius 1 is 1.18 bits per heavy atom. The lowest BCUT2D eigenvalue weighted by molar-refractivity contribution is -0.152. The Balaban J connectivity index is 4.88. The number of likely N-dealkylation sites (N-methyl/N-ethyl adjacent to an activating group) is 1. The van der Waals surface area contributed by atoms with E-state index < -0.39 is 47.7 Å². The molecule has 0 saturated carbocycles. The summed E-state index contributed by atoms with van der Waals surface area (Å²) in [6, 6.07) is -2.58. The van der Waals surface area contributed by atoms with Crippen LogP contribution in [0.1, 0.15) is 19.8 Å². The number of carbonyl (C=O) groups excluding carboxylic acids is 4. The number of aliphatic carboxylic acids is 1. The van der Waals surface area contributed by atoms with Crippen LogP contribution in [0.5, 0.6) is 0 Å². The lowest BCUT2D eigenvalue weighted by Gasteiger charge is -2.21. The maximum absolute atomic E-state index is 12.2. The van der Waals surface area contributed by atoms with Gasteiger partial charge in [0.15, 0.2) is 0 Å². The molecular weight excluding hydrogens is 398 g/mol. The van der Waals surface area contributed by atoms with Gasteiger partial charge in [-0.15, -0.1) is 0 Å². The number of thioether (sulfide) groups is 1. The van der Waals surface area contributed by atoms with E-state index in [4.69, 9.17) is 15.9 Å². The van der Waals surface area contributed by atoms with Gasteiger partial charge in [0.2, 0.25) is 11.7 Å². The second kappa shape index (κ2) is 12.7. The molecule has 0 aliphatic carbocycles. The van der Waals surface area contributed by atoms with E-state index in [0.29, 0.717) is 4.90 Å². The van der Waals surface area contributed by atoms with Gasteiger partial charge >= 0.3 is 18.0 Å². The van der Waals surface area contributed by atoms with Gasteiger partial charge in [-0.25, -0.2) is 14.5 Å². The highest BCUT2D eigenvalue weighted by molar-refractivity contribution is 8.00. The molecule has 0 rings (SSSR count). The van der Waals surface area contributed by atoms with Crippen LogP contribution in [0.2, 0.25) is 0 Å². The zero-order valence-electron chi connectivity index (χ0n) is 15.4. The molecule has 158 valence electrons. The van der Waals surface area contributed by atoms with Crippen molar-refractivity contribution in [3.05, 3.63) is 0 Å². The molecule has 3 amide bonds. The van der Waals surface area contributed by atoms with Gasteiger partial charge in [-0.1, -0.05) is 0 Å². The van der Waals surface area contributed by atoms with Crippen molar-refractivity contribution in [2.24, 2.45) is 5.73 Å². The number of hydrogen-bond acceptors (Lipinski definition) is 9. The van der Waals surface area contributed by atoms with Crippen molar-refractivity contribution in [3.8, 4) is 0 Å². The van der Waals surface area contributed by atoms with E-state index in [-0.39, 0.29) is 31.0 Å². The Labute approximate surface area is 164 Å². The molecule has 0 aliphatic rings. The molecule has 0 saturated heterocycles. The maximum Gasteiger partial charge on any atom is 0.413 e. The highest BCUT2D eigenvalue weighted by atomic mass is 32.2. The number of Topliss-reactive ketones (excluding diaryl/α,β-unsaturated/α-hetero) is 1. The largest absolute Gasteiger partial charge is 0.480 e. The zero-order valence-corrected chi connectivity index (χ0v) is 16.2. The topological polar surface area (TPSA) is 193 Å². The SMILES string of the molecule is CCOC(=O)C(=O)CSCC(NC(=O)CCC(N)C(=O)O)C(=O)N(C)C(=O)O. The highest BCUT2D eigenvalue weighted by Crippen LogP contribution is 2.08. The summed E-state index contributed by atoms with van der Waals surface area (Å²) in [5, 5.41) is 19.9. The number of imide groups is 1. The molecule has 0 heterocycles. The van der Waals surface area contributed by atoms with Crippen LogP contribution >= 0.6 is 11.8 Å². The number of esters is 1. The molecule has 0 fully saturated rings. The van der Waals surface area contributed by atoms with Crippen LogP contribution in [-0.4, -0.2) is 88.0 Å². The summed E-state index contributed by atoms with van der Waals surface area (Å²) in [5.74, 6) is -5.38. The van der Waals surface area contributed by atoms with E-state index in [1.807, 2.05) is 0 Å². The third-order valence-electron chi connectivity index (χ3n) is 3.27. The van der Waals surface area contributed by atoms with Crippen LogP contribution in [0, 0.1) is 0 Å². The molecule has 0 aromatic rings. The maximum atomic E-state index is 12.2. The molecule has 2 unspecified atom stereocenters. The fraction of sp³-hybridized carbons (Fsp3) is 0.600. The molecule has 0 aliphatic heterocycles. The van der Waals surface area contributed by atoms with Crippen LogP contribution in [0.25, 0.3) is 0 Å². The Bertz CT molecular complexity index is 626. The van der Waals surface area contributed by atoms with Crippen molar-refractivity contribution in [2.45, 2.75) is 31.8 Å². The fourth-order valence-electron chi connectivity index (χ4n) is 1.72. The number of amides is 3.